The summed E-state index contributed by atoms with van der Waals surface area (Å²) in [5.41, 5.74) is 5.87. The lowest BCUT2D eigenvalue weighted by atomic mass is 9.94. The van der Waals surface area contributed by atoms with E-state index in [2.05, 4.69) is 11.6 Å². The maximum Gasteiger partial charge on any atom is 0.237 e. The predicted molar refractivity (Wildman–Crippen MR) is 76.8 cm³/mol. The molecule has 4 nitrogen and oxygen atoms in total. The van der Waals surface area contributed by atoms with E-state index in [9.17, 15) is 4.79 Å². The van der Waals surface area contributed by atoms with Gasteiger partial charge in [-0.25, -0.2) is 0 Å². The van der Waals surface area contributed by atoms with Crippen LogP contribution in [0.3, 0.4) is 0 Å². The summed E-state index contributed by atoms with van der Waals surface area (Å²) in [7, 11) is 1.66. The third-order valence-corrected chi connectivity index (χ3v) is 4.60. The second kappa shape index (κ2) is 8.77. The molecule has 1 aliphatic rings. The van der Waals surface area contributed by atoms with Crippen molar-refractivity contribution in [2.75, 3.05) is 20.0 Å². The number of ether oxygens (including phenoxy) is 1. The molecule has 0 aromatic carbocycles. The highest BCUT2D eigenvalue weighted by molar-refractivity contribution is 7.99. The molecule has 3 N–H and O–H groups in total. The zero-order valence-corrected chi connectivity index (χ0v) is 12.3. The summed E-state index contributed by atoms with van der Waals surface area (Å²) in [6.45, 7) is 0.666. The van der Waals surface area contributed by atoms with Crippen molar-refractivity contribution in [3.8, 4) is 0 Å². The highest BCUT2D eigenvalue weighted by Gasteiger charge is 2.24. The van der Waals surface area contributed by atoms with Crippen LogP contribution in [-0.2, 0) is 9.53 Å². The Balaban J connectivity index is 2.25. The fraction of sp³-hybridized carbons (Fsp3) is 0.923. The summed E-state index contributed by atoms with van der Waals surface area (Å²) in [5.74, 6) is -0.00199. The molecule has 0 bridgehead atoms. The highest BCUT2D eigenvalue weighted by atomic mass is 32.2. The molecule has 3 atom stereocenters. The van der Waals surface area contributed by atoms with Gasteiger partial charge in [0.25, 0.3) is 0 Å². The van der Waals surface area contributed by atoms with E-state index in [1.807, 2.05) is 11.8 Å². The lowest BCUT2D eigenvalue weighted by Crippen LogP contribution is -2.47. The standard InChI is InChI=1S/C13H26N2O2S/c1-17-8-4-7-12(14)13(16)15-10-5-3-6-11(9-10)18-2/h10-12H,3-9,14H2,1-2H3,(H,15,16). The maximum atomic E-state index is 11.9. The van der Waals surface area contributed by atoms with Gasteiger partial charge in [0.2, 0.25) is 5.91 Å². The van der Waals surface area contributed by atoms with Crippen molar-refractivity contribution in [2.45, 2.75) is 55.9 Å². The van der Waals surface area contributed by atoms with Gasteiger partial charge in [-0.1, -0.05) is 6.42 Å². The molecule has 1 rings (SSSR count). The molecule has 1 saturated carbocycles. The summed E-state index contributed by atoms with van der Waals surface area (Å²) in [6, 6.07) is -0.0769. The van der Waals surface area contributed by atoms with Gasteiger partial charge in [-0.2, -0.15) is 11.8 Å². The SMILES string of the molecule is COCCCC(N)C(=O)NC1CCCC(SC)C1. The molecule has 0 aliphatic heterocycles. The fourth-order valence-corrected chi connectivity index (χ4v) is 3.20. The van der Waals surface area contributed by atoms with Crippen LogP contribution in [0, 0.1) is 0 Å². The molecule has 18 heavy (non-hydrogen) atoms. The second-order valence-corrected chi connectivity index (χ2v) is 6.11. The number of nitrogens with one attached hydrogen (secondary N) is 1. The first kappa shape index (κ1) is 15.8. The van der Waals surface area contributed by atoms with Gasteiger partial charge in [-0.15, -0.1) is 0 Å². The van der Waals surface area contributed by atoms with Crippen LogP contribution in [0.25, 0.3) is 0 Å². The van der Waals surface area contributed by atoms with Gasteiger partial charge in [-0.3, -0.25) is 4.79 Å². The lowest BCUT2D eigenvalue weighted by Gasteiger charge is -2.29. The van der Waals surface area contributed by atoms with Crippen LogP contribution in [0.1, 0.15) is 38.5 Å². The number of thioether (sulfide) groups is 1. The molecule has 0 aromatic heterocycles. The Kier molecular flexibility index (Phi) is 7.70. The lowest BCUT2D eigenvalue weighted by molar-refractivity contribution is -0.123. The molecule has 1 fully saturated rings. The molecule has 0 saturated heterocycles. The van der Waals surface area contributed by atoms with E-state index >= 15 is 0 Å². The quantitative estimate of drug-likeness (QED) is 0.691. The molecule has 0 aromatic rings. The average molecular weight is 274 g/mol. The largest absolute Gasteiger partial charge is 0.385 e. The van der Waals surface area contributed by atoms with Gasteiger partial charge < -0.3 is 15.8 Å². The maximum absolute atomic E-state index is 11.9. The van der Waals surface area contributed by atoms with Crippen molar-refractivity contribution in [2.24, 2.45) is 5.73 Å². The van der Waals surface area contributed by atoms with Crippen molar-refractivity contribution < 1.29 is 9.53 Å². The van der Waals surface area contributed by atoms with Crippen LogP contribution in [-0.4, -0.2) is 43.2 Å². The minimum Gasteiger partial charge on any atom is -0.385 e. The van der Waals surface area contributed by atoms with Crippen molar-refractivity contribution in [1.82, 2.24) is 5.32 Å². The summed E-state index contributed by atoms with van der Waals surface area (Å²) >= 11 is 1.90. The van der Waals surface area contributed by atoms with E-state index in [0.29, 0.717) is 24.3 Å². The van der Waals surface area contributed by atoms with Crippen molar-refractivity contribution >= 4 is 17.7 Å². The second-order valence-electron chi connectivity index (χ2n) is 4.97. The van der Waals surface area contributed by atoms with Crippen molar-refractivity contribution in [3.63, 3.8) is 0 Å². The molecule has 106 valence electrons. The molecule has 0 spiro atoms. The van der Waals surface area contributed by atoms with E-state index < -0.39 is 6.04 Å². The number of rotatable bonds is 7. The molecule has 5 heteroatoms. The number of hydrogen-bond acceptors (Lipinski definition) is 4. The first-order valence-electron chi connectivity index (χ1n) is 6.75. The highest BCUT2D eigenvalue weighted by Crippen LogP contribution is 2.26. The van der Waals surface area contributed by atoms with E-state index in [4.69, 9.17) is 10.5 Å². The Morgan fingerprint density at radius 1 is 1.56 bits per heavy atom. The number of hydrogen-bond donors (Lipinski definition) is 2. The number of carbonyl (C=O) groups is 1. The van der Waals surface area contributed by atoms with Gasteiger partial charge in [0, 0.05) is 25.0 Å². The number of amides is 1. The molecule has 0 radical (unpaired) electrons. The van der Waals surface area contributed by atoms with Crippen LogP contribution in [0.2, 0.25) is 0 Å². The minimum atomic E-state index is -0.394. The Labute approximate surface area is 114 Å². The first-order valence-corrected chi connectivity index (χ1v) is 8.03. The van der Waals surface area contributed by atoms with Gasteiger partial charge in [0.05, 0.1) is 6.04 Å². The predicted octanol–water partition coefficient (Wildman–Crippen LogP) is 1.53. The van der Waals surface area contributed by atoms with E-state index in [1.165, 1.54) is 12.8 Å². The third kappa shape index (κ3) is 5.59. The molecule has 0 heterocycles. The van der Waals surface area contributed by atoms with Crippen LogP contribution in [0.5, 0.6) is 0 Å². The number of nitrogens with two attached hydrogens (primary N) is 1. The Morgan fingerprint density at radius 3 is 3.00 bits per heavy atom. The summed E-state index contributed by atoms with van der Waals surface area (Å²) in [4.78, 5) is 11.9. The molecule has 3 unspecified atom stereocenters. The minimum absolute atomic E-state index is 0.00199. The van der Waals surface area contributed by atoms with E-state index in [-0.39, 0.29) is 5.91 Å². The van der Waals surface area contributed by atoms with Gasteiger partial charge in [-0.05, 0) is 38.4 Å². The van der Waals surface area contributed by atoms with Crippen LogP contribution < -0.4 is 11.1 Å². The summed E-state index contributed by atoms with van der Waals surface area (Å²) < 4.78 is 4.96. The molecular formula is C13H26N2O2S. The number of methoxy groups -OCH3 is 1. The smallest absolute Gasteiger partial charge is 0.237 e. The Bertz CT molecular complexity index is 251. The summed E-state index contributed by atoms with van der Waals surface area (Å²) in [5, 5.41) is 3.78. The molecule has 1 amide bonds. The van der Waals surface area contributed by atoms with Gasteiger partial charge in [0.1, 0.15) is 0 Å². The van der Waals surface area contributed by atoms with E-state index in [1.54, 1.807) is 7.11 Å². The zero-order valence-electron chi connectivity index (χ0n) is 11.5. The van der Waals surface area contributed by atoms with E-state index in [0.717, 1.165) is 19.3 Å². The van der Waals surface area contributed by atoms with Crippen LogP contribution in [0.4, 0.5) is 0 Å². The van der Waals surface area contributed by atoms with Crippen LogP contribution in [0.15, 0.2) is 0 Å². The Morgan fingerprint density at radius 2 is 2.33 bits per heavy atom. The third-order valence-electron chi connectivity index (χ3n) is 3.51. The van der Waals surface area contributed by atoms with Gasteiger partial charge in [0.15, 0.2) is 0 Å². The summed E-state index contributed by atoms with van der Waals surface area (Å²) in [6.07, 6.45) is 8.32. The van der Waals surface area contributed by atoms with Crippen molar-refractivity contribution in [3.05, 3.63) is 0 Å². The molecule has 1 aliphatic carbocycles. The Hall–Kier alpha value is -0.260. The average Bonchev–Trinajstić information content (AvgIpc) is 2.39. The first-order chi connectivity index (χ1) is 8.67. The normalized spacial score (nSPS) is 25.7. The topological polar surface area (TPSA) is 64.3 Å². The number of carbonyl (C=O) groups excluding carboxylic acids is 1. The zero-order chi connectivity index (χ0) is 13.4. The van der Waals surface area contributed by atoms with Gasteiger partial charge >= 0.3 is 0 Å². The van der Waals surface area contributed by atoms with Crippen molar-refractivity contribution in [1.29, 1.82) is 0 Å². The monoisotopic (exact) mass is 274 g/mol. The fourth-order valence-electron chi connectivity index (χ4n) is 2.38. The van der Waals surface area contributed by atoms with Crippen LogP contribution >= 0.6 is 11.8 Å². The molecular weight excluding hydrogens is 248 g/mol.